The van der Waals surface area contributed by atoms with Crippen LogP contribution in [0.2, 0.25) is 0 Å². The summed E-state index contributed by atoms with van der Waals surface area (Å²) in [6.45, 7) is 19.8. The van der Waals surface area contributed by atoms with Gasteiger partial charge in [0.25, 0.3) is 0 Å². The van der Waals surface area contributed by atoms with Gasteiger partial charge in [-0.1, -0.05) is 61.5 Å². The third kappa shape index (κ3) is 11.3. The SMILES string of the molecule is C/C=C(\C)C(=O)O[C@H]1[C@H](OC(=O)CC)[C@@]23C(CC1(C)C)[C@]1(CCC4[C@@]5(C)CC[C@H](O[C@@H]6O[C@H](CO)[C@@H](O)[C@H](O[C@@H]7O[C@H](CO)[C@H](O)[C@H](O)[C@H]7O[C@@H]7O[C@@H](C)[C@H](O)[C@@H](O)[C@H]7O)[C@H]6O[C@@H]6O[C@H](CO)[C@H](O)[C@H](O)[C@H]6O)C(C)(C)C5CC[C@@]4(C)[C@]1(C)C[C@H]2OC(C)=O)O[C@@H]3O. The Hall–Kier alpha value is -2.73. The second-order valence-electron chi connectivity index (χ2n) is 30.0. The standard InChI is InChI=1S/C64H102O28/c1-13-26(3)52(79)91-50-51(87-37(69)14-2)64-34(21-58(50,6)7)63(92-57(64)80)20-16-33-60(10)18-17-35(59(8,9)32(60)15-19-61(33,11)62(63,12)22-36(64)82-28(5)68)86-56-49(90-54-46(78)43(75)39(71)29(23-65)83-54)47(41(73)31(25-67)85-56)88-55-48(44(76)40(72)30(24-66)84-55)89-53-45(77)42(74)38(70)27(4)81-53/h13,27,29-36,38-51,53-57,65-67,70-78,80H,14-25H2,1-12H3/b26-13+/t27-,29+,30+,31+,32?,33?,34?,35-,36+,38-,39-,40-,41+,42+,43-,44-,45+,46+,47-,48+,49+,50-,51-,53-,54-,55-,56-,57-,60-,61+,62-,63-,64+/m0/s1. The second-order valence-corrected chi connectivity index (χ2v) is 30.0. The molecule has 2 bridgehead atoms. The van der Waals surface area contributed by atoms with Crippen LogP contribution in [-0.4, -0.2) is 263 Å². The summed E-state index contributed by atoms with van der Waals surface area (Å²) in [7, 11) is 0. The summed E-state index contributed by atoms with van der Waals surface area (Å²) in [5.74, 6) is -2.57. The fraction of sp³-hybridized carbons (Fsp3) is 0.922. The monoisotopic (exact) mass is 1320 g/mol. The zero-order valence-corrected chi connectivity index (χ0v) is 54.7. The van der Waals surface area contributed by atoms with Crippen molar-refractivity contribution in [2.24, 2.45) is 50.2 Å². The molecule has 33 atom stereocenters. The van der Waals surface area contributed by atoms with Crippen molar-refractivity contribution in [3.8, 4) is 0 Å². The Bertz CT molecular complexity index is 2680. The number of aliphatic hydroxyl groups excluding tert-OH is 13. The van der Waals surface area contributed by atoms with Gasteiger partial charge in [-0.15, -0.1) is 0 Å². The zero-order chi connectivity index (χ0) is 67.7. The summed E-state index contributed by atoms with van der Waals surface area (Å²) in [4.78, 5) is 41.0. The first-order valence-corrected chi connectivity index (χ1v) is 32.8. The molecule has 5 aliphatic heterocycles. The minimum absolute atomic E-state index is 0.0286. The van der Waals surface area contributed by atoms with E-state index in [1.54, 1.807) is 26.8 Å². The quantitative estimate of drug-likeness (QED) is 0.0381. The lowest BCUT2D eigenvalue weighted by Crippen LogP contribution is -2.77. The smallest absolute Gasteiger partial charge is 0.333 e. The summed E-state index contributed by atoms with van der Waals surface area (Å²) in [6.07, 6.45) is -36.2. The van der Waals surface area contributed by atoms with E-state index in [2.05, 4.69) is 34.6 Å². The lowest BCUT2D eigenvalue weighted by atomic mass is 9.30. The van der Waals surface area contributed by atoms with E-state index in [9.17, 15) is 80.8 Å². The normalized spacial score (nSPS) is 52.1. The third-order valence-electron chi connectivity index (χ3n) is 24.6. The summed E-state index contributed by atoms with van der Waals surface area (Å²) in [6, 6.07) is 0. The van der Waals surface area contributed by atoms with Crippen LogP contribution in [0.25, 0.3) is 0 Å². The van der Waals surface area contributed by atoms with Crippen LogP contribution < -0.4 is 0 Å². The van der Waals surface area contributed by atoms with Crippen molar-refractivity contribution in [2.45, 2.75) is 300 Å². The molecule has 28 nitrogen and oxygen atoms in total. The fourth-order valence-electron chi connectivity index (χ4n) is 19.4. The minimum Gasteiger partial charge on any atom is -0.462 e. The van der Waals surface area contributed by atoms with Crippen LogP contribution in [-0.2, 0) is 71.2 Å². The molecule has 5 saturated heterocycles. The summed E-state index contributed by atoms with van der Waals surface area (Å²) < 4.78 is 76.5. The van der Waals surface area contributed by atoms with Crippen LogP contribution in [0.5, 0.6) is 0 Å². The van der Waals surface area contributed by atoms with Gasteiger partial charge in [0, 0.05) is 35.7 Å². The Morgan fingerprint density at radius 3 is 1.67 bits per heavy atom. The van der Waals surface area contributed by atoms with Crippen LogP contribution in [0, 0.1) is 50.2 Å². The number of aliphatic hydroxyl groups is 13. The average molecular weight is 1320 g/mol. The number of hydrogen-bond donors (Lipinski definition) is 13. The van der Waals surface area contributed by atoms with Crippen molar-refractivity contribution in [2.75, 3.05) is 19.8 Å². The number of carbonyl (C=O) groups excluding carboxylic acids is 3. The fourth-order valence-corrected chi connectivity index (χ4v) is 19.4. The Kier molecular flexibility index (Phi) is 20.5. The van der Waals surface area contributed by atoms with Gasteiger partial charge in [0.1, 0.15) is 109 Å². The lowest BCUT2D eigenvalue weighted by molar-refractivity contribution is -0.409. The molecule has 5 saturated carbocycles. The summed E-state index contributed by atoms with van der Waals surface area (Å²) >= 11 is 0. The number of carbonyl (C=O) groups is 3. The molecular weight excluding hydrogens is 1220 g/mol. The average Bonchev–Trinajstić information content (AvgIpc) is 1.38. The van der Waals surface area contributed by atoms with Gasteiger partial charge in [0.05, 0.1) is 37.6 Å². The van der Waals surface area contributed by atoms with Crippen molar-refractivity contribution in [1.82, 2.24) is 0 Å². The van der Waals surface area contributed by atoms with Crippen molar-refractivity contribution in [1.29, 1.82) is 0 Å². The van der Waals surface area contributed by atoms with Gasteiger partial charge in [-0.3, -0.25) is 9.59 Å². The van der Waals surface area contributed by atoms with Crippen molar-refractivity contribution < 1.29 is 138 Å². The second kappa shape index (κ2) is 26.2. The van der Waals surface area contributed by atoms with Crippen molar-refractivity contribution in [3.63, 3.8) is 0 Å². The molecule has 10 fully saturated rings. The number of fused-ring (bicyclic) bond motifs is 4. The van der Waals surface area contributed by atoms with E-state index < -0.39 is 235 Å². The molecule has 3 unspecified atom stereocenters. The highest BCUT2D eigenvalue weighted by Gasteiger charge is 2.86. The number of rotatable bonds is 16. The first-order chi connectivity index (χ1) is 43.0. The number of allylic oxidation sites excluding steroid dienone is 1. The van der Waals surface area contributed by atoms with Crippen LogP contribution in [0.15, 0.2) is 11.6 Å². The molecule has 0 aromatic rings. The Balaban J connectivity index is 0.982. The van der Waals surface area contributed by atoms with E-state index in [0.29, 0.717) is 50.5 Å². The van der Waals surface area contributed by atoms with Gasteiger partial charge < -0.3 is 123 Å². The third-order valence-corrected chi connectivity index (χ3v) is 24.6. The number of esters is 3. The van der Waals surface area contributed by atoms with E-state index in [0.717, 1.165) is 0 Å². The first kappa shape index (κ1) is 72.0. The number of hydrogen-bond acceptors (Lipinski definition) is 28. The molecule has 13 N–H and O–H groups in total. The first-order valence-electron chi connectivity index (χ1n) is 32.8. The number of ether oxygens (including phenoxy) is 12. The maximum absolute atomic E-state index is 13.8. The Morgan fingerprint density at radius 1 is 0.533 bits per heavy atom. The van der Waals surface area contributed by atoms with Gasteiger partial charge >= 0.3 is 17.9 Å². The molecule has 0 aromatic carbocycles. The molecule has 10 aliphatic rings. The Morgan fingerprint density at radius 2 is 1.08 bits per heavy atom. The van der Waals surface area contributed by atoms with Crippen LogP contribution in [0.1, 0.15) is 141 Å². The molecule has 526 valence electrons. The van der Waals surface area contributed by atoms with Gasteiger partial charge in [0.2, 0.25) is 0 Å². The van der Waals surface area contributed by atoms with E-state index in [1.165, 1.54) is 13.8 Å². The molecule has 5 heterocycles. The van der Waals surface area contributed by atoms with Crippen molar-refractivity contribution in [3.05, 3.63) is 11.6 Å². The molecule has 92 heavy (non-hydrogen) atoms. The topological polar surface area (TPSA) is 425 Å². The minimum atomic E-state index is -2.03. The molecule has 10 rings (SSSR count). The molecule has 0 aromatic heterocycles. The van der Waals surface area contributed by atoms with E-state index >= 15 is 0 Å². The van der Waals surface area contributed by atoms with Gasteiger partial charge in [-0.25, -0.2) is 4.79 Å². The molecule has 0 radical (unpaired) electrons. The zero-order valence-electron chi connectivity index (χ0n) is 54.7. The molecule has 5 aliphatic carbocycles. The maximum Gasteiger partial charge on any atom is 0.333 e. The molecule has 0 amide bonds. The largest absolute Gasteiger partial charge is 0.462 e. The van der Waals surface area contributed by atoms with Gasteiger partial charge in [-0.05, 0) is 100 Å². The summed E-state index contributed by atoms with van der Waals surface area (Å²) in [5.41, 5.74) is -5.83. The van der Waals surface area contributed by atoms with Crippen LogP contribution in [0.3, 0.4) is 0 Å². The highest BCUT2D eigenvalue weighted by atomic mass is 16.8. The van der Waals surface area contributed by atoms with E-state index in [4.69, 9.17) is 56.8 Å². The predicted octanol–water partition coefficient (Wildman–Crippen LogP) is -1.01. The van der Waals surface area contributed by atoms with Gasteiger partial charge in [0.15, 0.2) is 37.6 Å². The highest BCUT2D eigenvalue weighted by molar-refractivity contribution is 5.87. The molecule has 1 spiro atoms. The van der Waals surface area contributed by atoms with Crippen molar-refractivity contribution >= 4 is 17.9 Å². The highest BCUT2D eigenvalue weighted by Crippen LogP contribution is 2.82. The van der Waals surface area contributed by atoms with E-state index in [1.807, 2.05) is 13.8 Å². The maximum atomic E-state index is 13.8. The lowest BCUT2D eigenvalue weighted by Gasteiger charge is -2.75. The Labute approximate surface area is 535 Å². The predicted molar refractivity (Wildman–Crippen MR) is 312 cm³/mol. The molecule has 28 heteroatoms. The van der Waals surface area contributed by atoms with Gasteiger partial charge in [-0.2, -0.15) is 0 Å². The summed E-state index contributed by atoms with van der Waals surface area (Å²) in [5, 5.41) is 145. The van der Waals surface area contributed by atoms with E-state index in [-0.39, 0.29) is 24.7 Å². The van der Waals surface area contributed by atoms with Crippen LogP contribution in [0.4, 0.5) is 0 Å². The molecular formula is C64H102O28. The van der Waals surface area contributed by atoms with Crippen LogP contribution >= 0.6 is 0 Å².